The summed E-state index contributed by atoms with van der Waals surface area (Å²) in [5, 5.41) is 0. The zero-order valence-electron chi connectivity index (χ0n) is 19.2. The normalized spacial score (nSPS) is 11.1. The van der Waals surface area contributed by atoms with Crippen LogP contribution in [-0.2, 0) is 0 Å². The van der Waals surface area contributed by atoms with Crippen LogP contribution in [0, 0.1) is 6.92 Å². The molecule has 0 aromatic heterocycles. The fourth-order valence-electron chi connectivity index (χ4n) is 3.83. The maximum atomic E-state index is 5.79. The van der Waals surface area contributed by atoms with Crippen molar-refractivity contribution in [3.63, 3.8) is 0 Å². The molecule has 1 nitrogen and oxygen atoms in total. The molecule has 0 saturated carbocycles. The van der Waals surface area contributed by atoms with Crippen LogP contribution in [0.4, 0.5) is 0 Å². The maximum absolute atomic E-state index is 5.79. The number of rotatable bonds is 20. The molecule has 0 radical (unpaired) electrons. The Labute approximate surface area is 176 Å². The van der Waals surface area contributed by atoms with Crippen LogP contribution in [0.5, 0.6) is 5.75 Å². The van der Waals surface area contributed by atoms with Crippen molar-refractivity contribution in [1.29, 1.82) is 0 Å². The van der Waals surface area contributed by atoms with Gasteiger partial charge in [-0.05, 0) is 25.5 Å². The van der Waals surface area contributed by atoms with Crippen molar-refractivity contribution in [1.82, 2.24) is 0 Å². The smallest absolute Gasteiger partial charge is 0.119 e. The van der Waals surface area contributed by atoms with Gasteiger partial charge in [0.2, 0.25) is 0 Å². The van der Waals surface area contributed by atoms with Crippen LogP contribution in [-0.4, -0.2) is 6.61 Å². The standard InChI is InChI=1S/C27H48O/c1-3-4-5-6-7-8-9-10-11-12-13-14-15-16-17-18-19-20-25-28-27-23-21-26(2)22-24-27/h21-24H,3-20,25H2,1-2H3. The Balaban J connectivity index is 1.70. The SMILES string of the molecule is CCCCCCCCCCCCCCCCCCCCOc1ccc(C)cc1. The third-order valence-electron chi connectivity index (χ3n) is 5.79. The van der Waals surface area contributed by atoms with Crippen molar-refractivity contribution in [2.24, 2.45) is 0 Å². The molecule has 1 aromatic carbocycles. The van der Waals surface area contributed by atoms with Gasteiger partial charge in [0.1, 0.15) is 5.75 Å². The fraction of sp³-hybridized carbons (Fsp3) is 0.778. The number of hydrogen-bond acceptors (Lipinski definition) is 1. The monoisotopic (exact) mass is 388 g/mol. The Kier molecular flexibility index (Phi) is 17.3. The van der Waals surface area contributed by atoms with Crippen molar-refractivity contribution in [3.05, 3.63) is 29.8 Å². The summed E-state index contributed by atoms with van der Waals surface area (Å²) in [4.78, 5) is 0. The van der Waals surface area contributed by atoms with Crippen LogP contribution < -0.4 is 4.74 Å². The Morgan fingerprint density at radius 1 is 0.500 bits per heavy atom. The van der Waals surface area contributed by atoms with Crippen molar-refractivity contribution >= 4 is 0 Å². The van der Waals surface area contributed by atoms with Gasteiger partial charge in [-0.1, -0.05) is 134 Å². The lowest BCUT2D eigenvalue weighted by Crippen LogP contribution is -1.97. The molecule has 1 rings (SSSR count). The molecule has 0 saturated heterocycles. The molecular formula is C27H48O. The molecule has 0 aliphatic heterocycles. The Morgan fingerprint density at radius 3 is 1.25 bits per heavy atom. The fourth-order valence-corrected chi connectivity index (χ4v) is 3.83. The first-order valence-corrected chi connectivity index (χ1v) is 12.5. The Bertz CT molecular complexity index is 422. The zero-order chi connectivity index (χ0) is 20.1. The van der Waals surface area contributed by atoms with Gasteiger partial charge in [0.25, 0.3) is 0 Å². The van der Waals surface area contributed by atoms with Gasteiger partial charge in [0.05, 0.1) is 6.61 Å². The van der Waals surface area contributed by atoms with Gasteiger partial charge in [-0.2, -0.15) is 0 Å². The highest BCUT2D eigenvalue weighted by Gasteiger charge is 1.96. The number of ether oxygens (including phenoxy) is 1. The number of benzene rings is 1. The van der Waals surface area contributed by atoms with Crippen molar-refractivity contribution in [3.8, 4) is 5.75 Å². The maximum Gasteiger partial charge on any atom is 0.119 e. The lowest BCUT2D eigenvalue weighted by molar-refractivity contribution is 0.304. The summed E-state index contributed by atoms with van der Waals surface area (Å²) in [5.74, 6) is 1.01. The van der Waals surface area contributed by atoms with E-state index in [1.165, 1.54) is 121 Å². The molecule has 28 heavy (non-hydrogen) atoms. The first kappa shape index (κ1) is 25.1. The highest BCUT2D eigenvalue weighted by Crippen LogP contribution is 2.15. The zero-order valence-corrected chi connectivity index (χ0v) is 19.2. The number of aryl methyl sites for hydroxylation is 1. The van der Waals surface area contributed by atoms with Gasteiger partial charge < -0.3 is 4.74 Å². The molecule has 0 aliphatic carbocycles. The first-order valence-electron chi connectivity index (χ1n) is 12.5. The van der Waals surface area contributed by atoms with Gasteiger partial charge in [-0.15, -0.1) is 0 Å². The average Bonchev–Trinajstić information content (AvgIpc) is 2.71. The summed E-state index contributed by atoms with van der Waals surface area (Å²) in [6, 6.07) is 8.38. The summed E-state index contributed by atoms with van der Waals surface area (Å²) >= 11 is 0. The van der Waals surface area contributed by atoms with Gasteiger partial charge in [0.15, 0.2) is 0 Å². The molecule has 0 spiro atoms. The summed E-state index contributed by atoms with van der Waals surface area (Å²) in [5.41, 5.74) is 1.29. The molecule has 0 amide bonds. The van der Waals surface area contributed by atoms with Crippen molar-refractivity contribution in [2.75, 3.05) is 6.61 Å². The van der Waals surface area contributed by atoms with Crippen LogP contribution in [0.1, 0.15) is 128 Å². The molecule has 0 N–H and O–H groups in total. The van der Waals surface area contributed by atoms with E-state index in [2.05, 4.69) is 38.1 Å². The van der Waals surface area contributed by atoms with Crippen LogP contribution in [0.15, 0.2) is 24.3 Å². The third kappa shape index (κ3) is 16.0. The van der Waals surface area contributed by atoms with Gasteiger partial charge in [-0.25, -0.2) is 0 Å². The molecule has 0 aliphatic rings. The van der Waals surface area contributed by atoms with E-state index in [0.717, 1.165) is 12.4 Å². The minimum absolute atomic E-state index is 0.863. The average molecular weight is 389 g/mol. The quantitative estimate of drug-likeness (QED) is 0.202. The van der Waals surface area contributed by atoms with E-state index in [-0.39, 0.29) is 0 Å². The topological polar surface area (TPSA) is 9.23 Å². The highest BCUT2D eigenvalue weighted by atomic mass is 16.5. The molecule has 0 heterocycles. The van der Waals surface area contributed by atoms with Crippen LogP contribution >= 0.6 is 0 Å². The van der Waals surface area contributed by atoms with Gasteiger partial charge in [-0.3, -0.25) is 0 Å². The Hall–Kier alpha value is -0.980. The minimum Gasteiger partial charge on any atom is -0.494 e. The molecule has 0 fully saturated rings. The number of hydrogen-bond donors (Lipinski definition) is 0. The molecule has 0 unspecified atom stereocenters. The van der Waals surface area contributed by atoms with E-state index in [4.69, 9.17) is 4.74 Å². The summed E-state index contributed by atoms with van der Waals surface area (Å²) in [7, 11) is 0. The molecule has 0 bridgehead atoms. The lowest BCUT2D eigenvalue weighted by Gasteiger charge is -2.06. The molecule has 162 valence electrons. The third-order valence-corrected chi connectivity index (χ3v) is 5.79. The Morgan fingerprint density at radius 2 is 0.857 bits per heavy atom. The molecular weight excluding hydrogens is 340 g/mol. The van der Waals surface area contributed by atoms with E-state index in [0.29, 0.717) is 0 Å². The van der Waals surface area contributed by atoms with E-state index < -0.39 is 0 Å². The van der Waals surface area contributed by atoms with E-state index in [1.807, 2.05) is 0 Å². The predicted molar refractivity (Wildman–Crippen MR) is 125 cm³/mol. The lowest BCUT2D eigenvalue weighted by atomic mass is 10.0. The van der Waals surface area contributed by atoms with Gasteiger partial charge >= 0.3 is 0 Å². The molecule has 0 atom stereocenters. The largest absolute Gasteiger partial charge is 0.494 e. The predicted octanol–water partition coefficient (Wildman–Crippen LogP) is 9.42. The van der Waals surface area contributed by atoms with Crippen LogP contribution in [0.25, 0.3) is 0 Å². The highest BCUT2D eigenvalue weighted by molar-refractivity contribution is 5.26. The number of unbranched alkanes of at least 4 members (excludes halogenated alkanes) is 17. The van der Waals surface area contributed by atoms with Crippen LogP contribution in [0.3, 0.4) is 0 Å². The van der Waals surface area contributed by atoms with E-state index in [9.17, 15) is 0 Å². The second kappa shape index (κ2) is 19.3. The minimum atomic E-state index is 0.863. The van der Waals surface area contributed by atoms with Crippen LogP contribution in [0.2, 0.25) is 0 Å². The van der Waals surface area contributed by atoms with E-state index in [1.54, 1.807) is 0 Å². The van der Waals surface area contributed by atoms with Crippen molar-refractivity contribution < 1.29 is 4.74 Å². The van der Waals surface area contributed by atoms with E-state index >= 15 is 0 Å². The summed E-state index contributed by atoms with van der Waals surface area (Å²) in [6.07, 6.45) is 25.6. The summed E-state index contributed by atoms with van der Waals surface area (Å²) in [6.45, 7) is 5.27. The summed E-state index contributed by atoms with van der Waals surface area (Å²) < 4.78 is 5.79. The van der Waals surface area contributed by atoms with Crippen molar-refractivity contribution in [2.45, 2.75) is 129 Å². The first-order chi connectivity index (χ1) is 13.8. The molecule has 1 heteroatoms. The molecule has 1 aromatic rings. The second-order valence-electron chi connectivity index (χ2n) is 8.67. The second-order valence-corrected chi connectivity index (χ2v) is 8.67. The van der Waals surface area contributed by atoms with Gasteiger partial charge in [0, 0.05) is 0 Å².